The Hall–Kier alpha value is -1.62. The number of nitrogens with zero attached hydrogens (tertiary/aromatic N) is 1. The molecule has 0 spiro atoms. The molecule has 1 aliphatic heterocycles. The SMILES string of the molecule is COc1ccc(C(=O)N2CC(O)C2)cc1F. The number of likely N-dealkylation sites (tertiary alicyclic amines) is 1. The Bertz CT molecular complexity index is 416. The van der Waals surface area contributed by atoms with E-state index in [0.717, 1.165) is 6.07 Å². The average molecular weight is 225 g/mol. The van der Waals surface area contributed by atoms with Crippen molar-refractivity contribution in [1.82, 2.24) is 4.90 Å². The van der Waals surface area contributed by atoms with Crippen LogP contribution in [0, 0.1) is 5.82 Å². The highest BCUT2D eigenvalue weighted by Gasteiger charge is 2.29. The minimum atomic E-state index is -0.561. The van der Waals surface area contributed by atoms with Gasteiger partial charge >= 0.3 is 0 Å². The maximum atomic E-state index is 13.3. The maximum Gasteiger partial charge on any atom is 0.254 e. The van der Waals surface area contributed by atoms with Crippen LogP contribution in [-0.2, 0) is 0 Å². The Balaban J connectivity index is 2.15. The van der Waals surface area contributed by atoms with Crippen LogP contribution >= 0.6 is 0 Å². The number of carbonyl (C=O) groups excluding carboxylic acids is 1. The molecule has 1 amide bonds. The topological polar surface area (TPSA) is 49.8 Å². The molecule has 0 radical (unpaired) electrons. The maximum absolute atomic E-state index is 13.3. The molecule has 2 rings (SSSR count). The van der Waals surface area contributed by atoms with Crippen molar-refractivity contribution in [1.29, 1.82) is 0 Å². The van der Waals surface area contributed by atoms with E-state index >= 15 is 0 Å². The van der Waals surface area contributed by atoms with Gasteiger partial charge in [0.05, 0.1) is 13.2 Å². The predicted octanol–water partition coefficient (Wildman–Crippen LogP) is 0.651. The van der Waals surface area contributed by atoms with Gasteiger partial charge in [0.1, 0.15) is 0 Å². The van der Waals surface area contributed by atoms with E-state index in [1.165, 1.54) is 24.1 Å². The van der Waals surface area contributed by atoms with E-state index in [0.29, 0.717) is 13.1 Å². The molecule has 0 aromatic heterocycles. The van der Waals surface area contributed by atoms with E-state index in [9.17, 15) is 9.18 Å². The molecule has 1 heterocycles. The van der Waals surface area contributed by atoms with E-state index in [2.05, 4.69) is 0 Å². The molecule has 4 nitrogen and oxygen atoms in total. The predicted molar refractivity (Wildman–Crippen MR) is 54.9 cm³/mol. The number of aliphatic hydroxyl groups excluding tert-OH is 1. The van der Waals surface area contributed by atoms with Crippen molar-refractivity contribution in [2.45, 2.75) is 6.10 Å². The highest BCUT2D eigenvalue weighted by atomic mass is 19.1. The molecule has 1 aromatic rings. The average Bonchev–Trinajstić information content (AvgIpc) is 2.24. The Morgan fingerprint density at radius 3 is 2.75 bits per heavy atom. The molecule has 0 aliphatic carbocycles. The summed E-state index contributed by atoms with van der Waals surface area (Å²) in [6, 6.07) is 4.07. The molecule has 1 N–H and O–H groups in total. The molecule has 0 saturated carbocycles. The number of aliphatic hydroxyl groups is 1. The summed E-state index contributed by atoms with van der Waals surface area (Å²) in [5.41, 5.74) is 0.269. The molecule has 0 atom stereocenters. The van der Waals surface area contributed by atoms with Crippen LogP contribution in [0.25, 0.3) is 0 Å². The van der Waals surface area contributed by atoms with Crippen LogP contribution in [0.15, 0.2) is 18.2 Å². The third-order valence-electron chi connectivity index (χ3n) is 2.55. The lowest BCUT2D eigenvalue weighted by Gasteiger charge is -2.35. The van der Waals surface area contributed by atoms with Crippen LogP contribution in [0.2, 0.25) is 0 Å². The van der Waals surface area contributed by atoms with Crippen molar-refractivity contribution >= 4 is 5.91 Å². The number of halogens is 1. The van der Waals surface area contributed by atoms with Gasteiger partial charge in [-0.15, -0.1) is 0 Å². The van der Waals surface area contributed by atoms with Gasteiger partial charge in [0, 0.05) is 18.7 Å². The largest absolute Gasteiger partial charge is 0.494 e. The van der Waals surface area contributed by atoms with Crippen molar-refractivity contribution in [2.75, 3.05) is 20.2 Å². The minimum Gasteiger partial charge on any atom is -0.494 e. The van der Waals surface area contributed by atoms with Crippen molar-refractivity contribution in [3.8, 4) is 5.75 Å². The van der Waals surface area contributed by atoms with E-state index in [4.69, 9.17) is 9.84 Å². The van der Waals surface area contributed by atoms with Crippen molar-refractivity contribution in [3.05, 3.63) is 29.6 Å². The first-order valence-electron chi connectivity index (χ1n) is 4.92. The molecular weight excluding hydrogens is 213 g/mol. The van der Waals surface area contributed by atoms with Gasteiger partial charge in [-0.1, -0.05) is 0 Å². The second-order valence-corrected chi connectivity index (χ2v) is 3.71. The first-order chi connectivity index (χ1) is 7.61. The van der Waals surface area contributed by atoms with Crippen LogP contribution in [-0.4, -0.2) is 42.2 Å². The summed E-state index contributed by atoms with van der Waals surface area (Å²) in [6.07, 6.45) is -0.452. The first kappa shape index (κ1) is 10.9. The number of methoxy groups -OCH3 is 1. The second-order valence-electron chi connectivity index (χ2n) is 3.71. The quantitative estimate of drug-likeness (QED) is 0.804. The van der Waals surface area contributed by atoms with Crippen molar-refractivity contribution in [2.24, 2.45) is 0 Å². The van der Waals surface area contributed by atoms with Gasteiger partial charge in [0.15, 0.2) is 11.6 Å². The molecule has 0 unspecified atom stereocenters. The third kappa shape index (κ3) is 1.86. The van der Waals surface area contributed by atoms with E-state index in [-0.39, 0.29) is 17.2 Å². The number of hydrogen-bond acceptors (Lipinski definition) is 3. The lowest BCUT2D eigenvalue weighted by Crippen LogP contribution is -2.53. The monoisotopic (exact) mass is 225 g/mol. The Kier molecular flexibility index (Phi) is 2.78. The summed E-state index contributed by atoms with van der Waals surface area (Å²) in [5.74, 6) is -0.721. The van der Waals surface area contributed by atoms with Gasteiger partial charge in [-0.05, 0) is 18.2 Å². The molecule has 5 heteroatoms. The normalized spacial score (nSPS) is 15.8. The summed E-state index contributed by atoms with van der Waals surface area (Å²) in [6.45, 7) is 0.624. The standard InChI is InChI=1S/C11H12FNO3/c1-16-10-3-2-7(4-9(10)12)11(15)13-5-8(14)6-13/h2-4,8,14H,5-6H2,1H3. The molecule has 1 fully saturated rings. The Labute approximate surface area is 92.2 Å². The molecule has 1 saturated heterocycles. The number of ether oxygens (including phenoxy) is 1. The smallest absolute Gasteiger partial charge is 0.254 e. The van der Waals surface area contributed by atoms with Crippen molar-refractivity contribution < 1.29 is 19.0 Å². The summed E-state index contributed by atoms with van der Waals surface area (Å²) in [7, 11) is 1.37. The van der Waals surface area contributed by atoms with Crippen LogP contribution in [0.5, 0.6) is 5.75 Å². The molecule has 0 bridgehead atoms. The van der Waals surface area contributed by atoms with E-state index < -0.39 is 11.9 Å². The number of benzene rings is 1. The Morgan fingerprint density at radius 1 is 1.56 bits per heavy atom. The van der Waals surface area contributed by atoms with Gasteiger partial charge in [0.2, 0.25) is 0 Å². The molecule has 86 valence electrons. The summed E-state index contributed by atoms with van der Waals surface area (Å²) < 4.78 is 18.1. The fourth-order valence-corrected chi connectivity index (χ4v) is 1.60. The number of amides is 1. The van der Waals surface area contributed by atoms with Gasteiger partial charge in [-0.2, -0.15) is 0 Å². The number of rotatable bonds is 2. The first-order valence-corrected chi connectivity index (χ1v) is 4.92. The van der Waals surface area contributed by atoms with Gasteiger partial charge < -0.3 is 14.7 Å². The van der Waals surface area contributed by atoms with E-state index in [1.807, 2.05) is 0 Å². The van der Waals surface area contributed by atoms with Crippen LogP contribution in [0.3, 0.4) is 0 Å². The Morgan fingerprint density at radius 2 is 2.25 bits per heavy atom. The zero-order valence-corrected chi connectivity index (χ0v) is 8.81. The summed E-state index contributed by atoms with van der Waals surface area (Å²) >= 11 is 0. The third-order valence-corrected chi connectivity index (χ3v) is 2.55. The van der Waals surface area contributed by atoms with Gasteiger partial charge in [0.25, 0.3) is 5.91 Å². The zero-order valence-electron chi connectivity index (χ0n) is 8.81. The van der Waals surface area contributed by atoms with Gasteiger partial charge in [-0.25, -0.2) is 4.39 Å². The van der Waals surface area contributed by atoms with Crippen LogP contribution in [0.4, 0.5) is 4.39 Å². The second kappa shape index (κ2) is 4.09. The van der Waals surface area contributed by atoms with Crippen LogP contribution in [0.1, 0.15) is 10.4 Å². The van der Waals surface area contributed by atoms with Gasteiger partial charge in [-0.3, -0.25) is 4.79 Å². The zero-order chi connectivity index (χ0) is 11.7. The molecular formula is C11H12FNO3. The molecule has 16 heavy (non-hydrogen) atoms. The fraction of sp³-hybridized carbons (Fsp3) is 0.364. The lowest BCUT2D eigenvalue weighted by atomic mass is 10.1. The number of β-amino-alcohol motifs (C(OH)–C–C–N with tert-alkyl or cyclic N) is 1. The highest BCUT2D eigenvalue weighted by molar-refractivity contribution is 5.94. The summed E-state index contributed by atoms with van der Waals surface area (Å²) in [5, 5.41) is 9.06. The van der Waals surface area contributed by atoms with E-state index in [1.54, 1.807) is 0 Å². The highest BCUT2D eigenvalue weighted by Crippen LogP contribution is 2.20. The number of hydrogen-bond donors (Lipinski definition) is 1. The van der Waals surface area contributed by atoms with Crippen LogP contribution < -0.4 is 4.74 Å². The van der Waals surface area contributed by atoms with Crippen molar-refractivity contribution in [3.63, 3.8) is 0 Å². The fourth-order valence-electron chi connectivity index (χ4n) is 1.60. The molecule has 1 aliphatic rings. The minimum absolute atomic E-state index is 0.111. The lowest BCUT2D eigenvalue weighted by molar-refractivity contribution is 0.00586. The summed E-state index contributed by atoms with van der Waals surface area (Å²) in [4.78, 5) is 13.2. The molecule has 1 aromatic carbocycles. The number of carbonyl (C=O) groups is 1.